The molecule has 0 fully saturated rings. The van der Waals surface area contributed by atoms with E-state index in [2.05, 4.69) is 14.9 Å². The van der Waals surface area contributed by atoms with E-state index < -0.39 is 20.0 Å². The third-order valence-corrected chi connectivity index (χ3v) is 10.2. The zero-order valence-electron chi connectivity index (χ0n) is 20.1. The second kappa shape index (κ2) is 10.2. The van der Waals surface area contributed by atoms with Gasteiger partial charge in [-0.05, 0) is 67.8 Å². The van der Waals surface area contributed by atoms with E-state index in [4.69, 9.17) is 0 Å². The molecule has 0 saturated heterocycles. The van der Waals surface area contributed by atoms with E-state index in [1.54, 1.807) is 37.8 Å². The highest BCUT2D eigenvalue weighted by Gasteiger charge is 2.27. The monoisotopic (exact) mass is 549 g/mol. The fourth-order valence-corrected chi connectivity index (χ4v) is 7.43. The average molecular weight is 550 g/mol. The largest absolute Gasteiger partial charge is 0.308 e. The van der Waals surface area contributed by atoms with Crippen LogP contribution in [-0.4, -0.2) is 56.9 Å². The number of fused-ring (bicyclic) bond motifs is 1. The molecule has 4 rings (SSSR count). The molecular weight excluding hydrogens is 522 g/mol. The number of nitrogens with one attached hydrogen (secondary N) is 1. The molecule has 36 heavy (non-hydrogen) atoms. The van der Waals surface area contributed by atoms with Crippen molar-refractivity contribution in [2.24, 2.45) is 0 Å². The van der Waals surface area contributed by atoms with Crippen LogP contribution in [0.15, 0.2) is 52.3 Å². The Kier molecular flexibility index (Phi) is 7.46. The van der Waals surface area contributed by atoms with Crippen LogP contribution in [0.3, 0.4) is 0 Å². The lowest BCUT2D eigenvalue weighted by atomic mass is 10.0. The van der Waals surface area contributed by atoms with Crippen LogP contribution in [0.4, 0.5) is 10.8 Å². The van der Waals surface area contributed by atoms with E-state index in [-0.39, 0.29) is 20.8 Å². The van der Waals surface area contributed by atoms with Gasteiger partial charge in [-0.25, -0.2) is 16.8 Å². The third kappa shape index (κ3) is 5.14. The van der Waals surface area contributed by atoms with Crippen molar-refractivity contribution in [3.63, 3.8) is 0 Å². The van der Waals surface area contributed by atoms with Gasteiger partial charge in [-0.15, -0.1) is 10.2 Å². The molecule has 1 amide bonds. The Balaban J connectivity index is 1.58. The standard InChI is InChI=1S/C23H27N5O5S3/c1-4-27(5-2)36(32,33)19-10-8-17(9-11-19)22(29)28-14-6-7-18-15-20(12-13-21(18)28)35(30,31)26-23-25-24-16(3)34-23/h8-13,15H,4-7,14H2,1-3H3,(H,25,26). The second-order valence-electron chi connectivity index (χ2n) is 8.20. The number of hydrogen-bond donors (Lipinski definition) is 1. The van der Waals surface area contributed by atoms with Gasteiger partial charge in [-0.1, -0.05) is 25.2 Å². The number of nitrogens with zero attached hydrogens (tertiary/aromatic N) is 4. The molecule has 3 aromatic rings. The number of aryl methyl sites for hydroxylation is 2. The first-order valence-corrected chi connectivity index (χ1v) is 15.2. The van der Waals surface area contributed by atoms with E-state index >= 15 is 0 Å². The fourth-order valence-electron chi connectivity index (χ4n) is 4.10. The number of carbonyl (C=O) groups is 1. The minimum atomic E-state index is -3.86. The number of hydrogen-bond acceptors (Lipinski definition) is 8. The first-order chi connectivity index (χ1) is 17.1. The number of aromatic nitrogens is 2. The Bertz CT molecular complexity index is 1480. The summed E-state index contributed by atoms with van der Waals surface area (Å²) in [5, 5.41) is 8.46. The molecule has 192 valence electrons. The van der Waals surface area contributed by atoms with Crippen molar-refractivity contribution in [1.29, 1.82) is 0 Å². The van der Waals surface area contributed by atoms with Crippen LogP contribution in [0.2, 0.25) is 0 Å². The van der Waals surface area contributed by atoms with Gasteiger partial charge < -0.3 is 4.90 Å². The molecule has 1 aromatic heterocycles. The van der Waals surface area contributed by atoms with E-state index in [1.807, 2.05) is 0 Å². The number of anilines is 2. The highest BCUT2D eigenvalue weighted by molar-refractivity contribution is 7.93. The van der Waals surface area contributed by atoms with Crippen LogP contribution in [0.25, 0.3) is 0 Å². The summed E-state index contributed by atoms with van der Waals surface area (Å²) in [6.45, 7) is 6.47. The maximum absolute atomic E-state index is 13.3. The summed E-state index contributed by atoms with van der Waals surface area (Å²) in [6, 6.07) is 10.6. The molecular formula is C23H27N5O5S3. The Morgan fingerprint density at radius 1 is 1.03 bits per heavy atom. The van der Waals surface area contributed by atoms with Crippen molar-refractivity contribution < 1.29 is 21.6 Å². The van der Waals surface area contributed by atoms with Gasteiger partial charge >= 0.3 is 0 Å². The Hall–Kier alpha value is -2.87. The van der Waals surface area contributed by atoms with Crippen molar-refractivity contribution in [1.82, 2.24) is 14.5 Å². The van der Waals surface area contributed by atoms with Crippen LogP contribution in [0.1, 0.15) is 41.2 Å². The predicted molar refractivity (Wildman–Crippen MR) is 138 cm³/mol. The molecule has 2 aromatic carbocycles. The summed E-state index contributed by atoms with van der Waals surface area (Å²) in [5.41, 5.74) is 1.73. The van der Waals surface area contributed by atoms with Gasteiger partial charge in [-0.2, -0.15) is 4.31 Å². The van der Waals surface area contributed by atoms with Gasteiger partial charge in [0.2, 0.25) is 15.2 Å². The van der Waals surface area contributed by atoms with Gasteiger partial charge in [0.05, 0.1) is 9.79 Å². The topological polar surface area (TPSA) is 130 Å². The number of sulfonamides is 2. The molecule has 0 radical (unpaired) electrons. The number of benzene rings is 2. The number of rotatable bonds is 8. The highest BCUT2D eigenvalue weighted by Crippen LogP contribution is 2.31. The SMILES string of the molecule is CCN(CC)S(=O)(=O)c1ccc(C(=O)N2CCCc3cc(S(=O)(=O)Nc4nnc(C)s4)ccc32)cc1. The molecule has 0 saturated carbocycles. The first-order valence-electron chi connectivity index (χ1n) is 11.4. The fraction of sp³-hybridized carbons (Fsp3) is 0.348. The predicted octanol–water partition coefficient (Wildman–Crippen LogP) is 3.27. The van der Waals surface area contributed by atoms with Gasteiger partial charge in [0.1, 0.15) is 5.01 Å². The summed E-state index contributed by atoms with van der Waals surface area (Å²) in [5.74, 6) is -0.277. The quantitative estimate of drug-likeness (QED) is 0.456. The van der Waals surface area contributed by atoms with Gasteiger partial charge in [-0.3, -0.25) is 9.52 Å². The zero-order valence-corrected chi connectivity index (χ0v) is 22.6. The minimum Gasteiger partial charge on any atom is -0.308 e. The van der Waals surface area contributed by atoms with Crippen molar-refractivity contribution in [3.05, 3.63) is 58.6 Å². The number of carbonyl (C=O) groups excluding carboxylic acids is 1. The van der Waals surface area contributed by atoms with E-state index in [1.165, 1.54) is 34.6 Å². The molecule has 0 atom stereocenters. The lowest BCUT2D eigenvalue weighted by Crippen LogP contribution is -2.35. The first kappa shape index (κ1) is 26.2. The number of amides is 1. The third-order valence-electron chi connectivity index (χ3n) is 5.92. The van der Waals surface area contributed by atoms with Crippen molar-refractivity contribution in [2.45, 2.75) is 43.4 Å². The second-order valence-corrected chi connectivity index (χ2v) is 13.0. The van der Waals surface area contributed by atoms with E-state index in [0.29, 0.717) is 48.7 Å². The van der Waals surface area contributed by atoms with Crippen LogP contribution in [0, 0.1) is 6.92 Å². The molecule has 2 heterocycles. The summed E-state index contributed by atoms with van der Waals surface area (Å²) >= 11 is 1.14. The molecule has 0 unspecified atom stereocenters. The molecule has 1 N–H and O–H groups in total. The smallest absolute Gasteiger partial charge is 0.263 e. The molecule has 1 aliphatic heterocycles. The van der Waals surface area contributed by atoms with Gasteiger partial charge in [0, 0.05) is 30.9 Å². The van der Waals surface area contributed by atoms with Crippen molar-refractivity contribution >= 4 is 48.1 Å². The Morgan fingerprint density at radius 3 is 2.31 bits per heavy atom. The minimum absolute atomic E-state index is 0.0781. The normalized spacial score (nSPS) is 14.1. The molecule has 0 spiro atoms. The Morgan fingerprint density at radius 2 is 1.69 bits per heavy atom. The lowest BCUT2D eigenvalue weighted by molar-refractivity contribution is 0.0985. The van der Waals surface area contributed by atoms with Crippen molar-refractivity contribution in [3.8, 4) is 0 Å². The molecule has 1 aliphatic rings. The maximum atomic E-state index is 13.3. The molecule has 13 heteroatoms. The summed E-state index contributed by atoms with van der Waals surface area (Å²) in [4.78, 5) is 15.1. The van der Waals surface area contributed by atoms with Crippen molar-refractivity contribution in [2.75, 3.05) is 29.3 Å². The van der Waals surface area contributed by atoms with Crippen LogP contribution in [-0.2, 0) is 26.5 Å². The molecule has 0 aliphatic carbocycles. The zero-order chi connectivity index (χ0) is 26.1. The van der Waals surface area contributed by atoms with Crippen LogP contribution < -0.4 is 9.62 Å². The average Bonchev–Trinajstić information content (AvgIpc) is 3.27. The van der Waals surface area contributed by atoms with E-state index in [0.717, 1.165) is 16.9 Å². The summed E-state index contributed by atoms with van der Waals surface area (Å²) in [7, 11) is -7.48. The summed E-state index contributed by atoms with van der Waals surface area (Å²) in [6.07, 6.45) is 1.29. The maximum Gasteiger partial charge on any atom is 0.263 e. The Labute approximate surface area is 215 Å². The van der Waals surface area contributed by atoms with Crippen LogP contribution in [0.5, 0.6) is 0 Å². The van der Waals surface area contributed by atoms with Crippen LogP contribution >= 0.6 is 11.3 Å². The van der Waals surface area contributed by atoms with Gasteiger partial charge in [0.15, 0.2) is 0 Å². The van der Waals surface area contributed by atoms with E-state index in [9.17, 15) is 21.6 Å². The molecule has 0 bridgehead atoms. The summed E-state index contributed by atoms with van der Waals surface area (Å²) < 4.78 is 54.9. The molecule has 10 nitrogen and oxygen atoms in total. The lowest BCUT2D eigenvalue weighted by Gasteiger charge is -2.30. The highest BCUT2D eigenvalue weighted by atomic mass is 32.2. The van der Waals surface area contributed by atoms with Gasteiger partial charge in [0.25, 0.3) is 15.9 Å².